The Labute approximate surface area is 87.3 Å². The quantitative estimate of drug-likeness (QED) is 0.659. The maximum absolute atomic E-state index is 9.71. The molecule has 0 aliphatic carbocycles. The summed E-state index contributed by atoms with van der Waals surface area (Å²) in [5.41, 5.74) is 0. The van der Waals surface area contributed by atoms with Crippen molar-refractivity contribution in [3.05, 3.63) is 6.92 Å². The molecular weight excluding hydrogens is 176 g/mol. The fourth-order valence-corrected chi connectivity index (χ4v) is 1.48. The summed E-state index contributed by atoms with van der Waals surface area (Å²) in [5.74, 6) is 5.34. The Morgan fingerprint density at radius 3 is 2.36 bits per heavy atom. The van der Waals surface area contributed by atoms with Gasteiger partial charge in [-0.2, -0.15) is 0 Å². The van der Waals surface area contributed by atoms with E-state index in [1.165, 1.54) is 0 Å². The summed E-state index contributed by atoms with van der Waals surface area (Å²) < 4.78 is 0. The van der Waals surface area contributed by atoms with E-state index < -0.39 is 12.2 Å². The highest BCUT2D eigenvalue weighted by Crippen LogP contribution is 2.18. The molecule has 2 nitrogen and oxygen atoms in total. The van der Waals surface area contributed by atoms with Crippen LogP contribution in [0.1, 0.15) is 39.5 Å². The van der Waals surface area contributed by atoms with Gasteiger partial charge in [0.15, 0.2) is 0 Å². The zero-order valence-corrected chi connectivity index (χ0v) is 9.16. The SMILES string of the molecule is [CH2]CC#CC(O)C(CCC)C(O)CC. The van der Waals surface area contributed by atoms with E-state index in [1.807, 2.05) is 13.8 Å². The summed E-state index contributed by atoms with van der Waals surface area (Å²) in [6.45, 7) is 7.53. The summed E-state index contributed by atoms with van der Waals surface area (Å²) in [5, 5.41) is 19.4. The average Bonchev–Trinajstić information content (AvgIpc) is 2.21. The molecule has 2 N–H and O–H groups in total. The lowest BCUT2D eigenvalue weighted by Gasteiger charge is -2.23. The lowest BCUT2D eigenvalue weighted by atomic mass is 9.90. The molecule has 2 heteroatoms. The minimum Gasteiger partial charge on any atom is -0.393 e. The Morgan fingerprint density at radius 1 is 1.29 bits per heavy atom. The molecule has 0 aliphatic rings. The Hall–Kier alpha value is -0.520. The minimum atomic E-state index is -0.716. The molecule has 0 saturated heterocycles. The van der Waals surface area contributed by atoms with Crippen LogP contribution in [-0.2, 0) is 0 Å². The van der Waals surface area contributed by atoms with Crippen molar-refractivity contribution in [1.29, 1.82) is 0 Å². The largest absolute Gasteiger partial charge is 0.393 e. The molecule has 14 heavy (non-hydrogen) atoms. The second-order valence-corrected chi connectivity index (χ2v) is 3.44. The average molecular weight is 197 g/mol. The van der Waals surface area contributed by atoms with Crippen LogP contribution in [0.4, 0.5) is 0 Å². The van der Waals surface area contributed by atoms with Crippen LogP contribution in [0.5, 0.6) is 0 Å². The standard InChI is InChI=1S/C12H21O2/c1-4-7-9-12(14)10(8-5-2)11(13)6-3/h10-14H,1,4-6,8H2,2-3H3. The van der Waals surface area contributed by atoms with Gasteiger partial charge in [-0.25, -0.2) is 0 Å². The van der Waals surface area contributed by atoms with E-state index in [4.69, 9.17) is 0 Å². The van der Waals surface area contributed by atoms with E-state index in [-0.39, 0.29) is 5.92 Å². The zero-order valence-electron chi connectivity index (χ0n) is 9.16. The second kappa shape index (κ2) is 7.84. The lowest BCUT2D eigenvalue weighted by molar-refractivity contribution is 0.0321. The third-order valence-electron chi connectivity index (χ3n) is 2.32. The van der Waals surface area contributed by atoms with Crippen LogP contribution in [0.25, 0.3) is 0 Å². The molecule has 0 rings (SSSR count). The summed E-state index contributed by atoms with van der Waals surface area (Å²) in [7, 11) is 0. The highest BCUT2D eigenvalue weighted by molar-refractivity contribution is 5.07. The van der Waals surface area contributed by atoms with Gasteiger partial charge in [0.25, 0.3) is 0 Å². The molecule has 0 amide bonds. The normalized spacial score (nSPS) is 16.6. The highest BCUT2D eigenvalue weighted by Gasteiger charge is 2.23. The van der Waals surface area contributed by atoms with Gasteiger partial charge in [-0.1, -0.05) is 26.2 Å². The molecule has 0 bridgehead atoms. The molecule has 3 unspecified atom stereocenters. The van der Waals surface area contributed by atoms with Crippen molar-refractivity contribution in [3.63, 3.8) is 0 Å². The highest BCUT2D eigenvalue weighted by atomic mass is 16.3. The molecular formula is C12H21O2. The third-order valence-corrected chi connectivity index (χ3v) is 2.32. The van der Waals surface area contributed by atoms with Gasteiger partial charge in [-0.3, -0.25) is 0 Å². The van der Waals surface area contributed by atoms with Gasteiger partial charge in [-0.15, -0.1) is 5.92 Å². The smallest absolute Gasteiger partial charge is 0.120 e. The summed E-state index contributed by atoms with van der Waals surface area (Å²) in [4.78, 5) is 0. The first-order valence-corrected chi connectivity index (χ1v) is 5.31. The molecule has 0 fully saturated rings. The van der Waals surface area contributed by atoms with Gasteiger partial charge in [0.05, 0.1) is 6.10 Å². The van der Waals surface area contributed by atoms with Crippen LogP contribution in [0.2, 0.25) is 0 Å². The third kappa shape index (κ3) is 4.64. The Kier molecular flexibility index (Phi) is 7.55. The first-order chi connectivity index (χ1) is 6.67. The number of hydrogen-bond donors (Lipinski definition) is 2. The van der Waals surface area contributed by atoms with E-state index in [1.54, 1.807) is 0 Å². The van der Waals surface area contributed by atoms with E-state index in [9.17, 15) is 10.2 Å². The topological polar surface area (TPSA) is 40.5 Å². The predicted octanol–water partition coefficient (Wildman–Crippen LogP) is 1.76. The molecule has 0 heterocycles. The number of aliphatic hydroxyl groups excluding tert-OH is 2. The maximum atomic E-state index is 9.71. The van der Waals surface area contributed by atoms with Crippen molar-refractivity contribution < 1.29 is 10.2 Å². The monoisotopic (exact) mass is 197 g/mol. The van der Waals surface area contributed by atoms with Crippen LogP contribution in [0.3, 0.4) is 0 Å². The lowest BCUT2D eigenvalue weighted by Crippen LogP contribution is -2.30. The second-order valence-electron chi connectivity index (χ2n) is 3.44. The van der Waals surface area contributed by atoms with Crippen LogP contribution in [-0.4, -0.2) is 22.4 Å². The van der Waals surface area contributed by atoms with Crippen LogP contribution in [0, 0.1) is 24.7 Å². The Morgan fingerprint density at radius 2 is 1.93 bits per heavy atom. The molecule has 3 atom stereocenters. The first-order valence-electron chi connectivity index (χ1n) is 5.31. The molecule has 0 aromatic carbocycles. The molecule has 0 spiro atoms. The van der Waals surface area contributed by atoms with Crippen LogP contribution in [0.15, 0.2) is 0 Å². The molecule has 0 saturated carbocycles. The molecule has 81 valence electrons. The number of rotatable bonds is 5. The fourth-order valence-electron chi connectivity index (χ4n) is 1.48. The zero-order chi connectivity index (χ0) is 11.0. The number of hydrogen-bond acceptors (Lipinski definition) is 2. The maximum Gasteiger partial charge on any atom is 0.120 e. The Balaban J connectivity index is 4.31. The summed E-state index contributed by atoms with van der Waals surface area (Å²) in [6.07, 6.45) is 1.74. The minimum absolute atomic E-state index is 0.121. The number of aliphatic hydroxyl groups is 2. The van der Waals surface area contributed by atoms with E-state index in [0.717, 1.165) is 12.8 Å². The molecule has 0 aromatic rings. The van der Waals surface area contributed by atoms with Crippen molar-refractivity contribution in [2.24, 2.45) is 5.92 Å². The summed E-state index contributed by atoms with van der Waals surface area (Å²) in [6, 6.07) is 0. The Bertz CT molecular complexity index is 190. The van der Waals surface area contributed by atoms with Crippen molar-refractivity contribution in [2.45, 2.75) is 51.7 Å². The van der Waals surface area contributed by atoms with E-state index in [0.29, 0.717) is 12.8 Å². The van der Waals surface area contributed by atoms with Crippen LogP contribution >= 0.6 is 0 Å². The fraction of sp³-hybridized carbons (Fsp3) is 0.750. The van der Waals surface area contributed by atoms with Crippen molar-refractivity contribution in [1.82, 2.24) is 0 Å². The van der Waals surface area contributed by atoms with Gasteiger partial charge >= 0.3 is 0 Å². The first kappa shape index (κ1) is 13.5. The van der Waals surface area contributed by atoms with Gasteiger partial charge < -0.3 is 10.2 Å². The van der Waals surface area contributed by atoms with Crippen molar-refractivity contribution in [2.75, 3.05) is 0 Å². The van der Waals surface area contributed by atoms with E-state index in [2.05, 4.69) is 18.8 Å². The van der Waals surface area contributed by atoms with Gasteiger partial charge in [-0.05, 0) is 19.8 Å². The molecule has 0 aliphatic heterocycles. The molecule has 1 radical (unpaired) electrons. The van der Waals surface area contributed by atoms with Crippen LogP contribution < -0.4 is 0 Å². The van der Waals surface area contributed by atoms with Crippen molar-refractivity contribution in [3.8, 4) is 11.8 Å². The molecule has 0 aromatic heterocycles. The summed E-state index contributed by atoms with van der Waals surface area (Å²) >= 11 is 0. The van der Waals surface area contributed by atoms with E-state index >= 15 is 0 Å². The predicted molar refractivity (Wildman–Crippen MR) is 58.5 cm³/mol. The van der Waals surface area contributed by atoms with Gasteiger partial charge in [0.1, 0.15) is 6.10 Å². The van der Waals surface area contributed by atoms with Gasteiger partial charge in [0, 0.05) is 12.3 Å². The van der Waals surface area contributed by atoms with Crippen molar-refractivity contribution >= 4 is 0 Å². The van der Waals surface area contributed by atoms with Gasteiger partial charge in [0.2, 0.25) is 0 Å².